The Morgan fingerprint density at radius 1 is 1.16 bits per heavy atom. The lowest BCUT2D eigenvalue weighted by Gasteiger charge is -2.34. The number of nitrogens with zero attached hydrogens (tertiary/aromatic N) is 6. The van der Waals surface area contributed by atoms with Gasteiger partial charge in [0.1, 0.15) is 6.33 Å². The van der Waals surface area contributed by atoms with Crippen LogP contribution in [0.15, 0.2) is 47.8 Å². The molecule has 1 aliphatic heterocycles. The quantitative estimate of drug-likeness (QED) is 0.414. The molecular formula is C18H18N6O6S. The van der Waals surface area contributed by atoms with E-state index in [0.717, 1.165) is 6.07 Å². The summed E-state index contributed by atoms with van der Waals surface area (Å²) >= 11 is 0. The molecule has 1 fully saturated rings. The van der Waals surface area contributed by atoms with Gasteiger partial charge in [-0.05, 0) is 24.3 Å². The van der Waals surface area contributed by atoms with Gasteiger partial charge < -0.3 is 9.64 Å². The average Bonchev–Trinajstić information content (AvgIpc) is 3.26. The van der Waals surface area contributed by atoms with Gasteiger partial charge in [0.25, 0.3) is 5.91 Å². The van der Waals surface area contributed by atoms with Crippen molar-refractivity contribution in [2.75, 3.05) is 33.3 Å². The van der Waals surface area contributed by atoms with Gasteiger partial charge in [0, 0.05) is 38.4 Å². The summed E-state index contributed by atoms with van der Waals surface area (Å²) in [4.78, 5) is 24.7. The van der Waals surface area contributed by atoms with Crippen LogP contribution in [0.3, 0.4) is 0 Å². The summed E-state index contributed by atoms with van der Waals surface area (Å²) in [5, 5.41) is 18.9. The average molecular weight is 446 g/mol. The van der Waals surface area contributed by atoms with E-state index in [1.807, 2.05) is 0 Å². The number of amides is 1. The molecule has 1 aliphatic rings. The first-order chi connectivity index (χ1) is 14.8. The van der Waals surface area contributed by atoms with Crippen molar-refractivity contribution in [3.8, 4) is 5.75 Å². The zero-order valence-corrected chi connectivity index (χ0v) is 17.2. The molecule has 0 saturated carbocycles. The Balaban J connectivity index is 1.49. The van der Waals surface area contributed by atoms with Gasteiger partial charge in [0.05, 0.1) is 22.5 Å². The lowest BCUT2D eigenvalue weighted by atomic mass is 10.2. The highest BCUT2D eigenvalue weighted by Gasteiger charge is 2.32. The summed E-state index contributed by atoms with van der Waals surface area (Å²) in [6, 6.07) is 6.84. The van der Waals surface area contributed by atoms with Crippen LogP contribution in [0.5, 0.6) is 5.75 Å². The van der Waals surface area contributed by atoms with E-state index in [1.54, 1.807) is 27.6 Å². The number of nitro groups is 1. The number of carbonyl (C=O) groups is 1. The number of fused-ring (bicyclic) bond motifs is 1. The van der Waals surface area contributed by atoms with Crippen molar-refractivity contribution < 1.29 is 22.9 Å². The number of rotatable bonds is 5. The van der Waals surface area contributed by atoms with Gasteiger partial charge in [-0.1, -0.05) is 0 Å². The van der Waals surface area contributed by atoms with Gasteiger partial charge in [0.2, 0.25) is 10.0 Å². The van der Waals surface area contributed by atoms with E-state index in [0.29, 0.717) is 11.2 Å². The summed E-state index contributed by atoms with van der Waals surface area (Å²) in [6.45, 7) is 0.526. The number of aromatic nitrogens is 3. The molecule has 13 heteroatoms. The third kappa shape index (κ3) is 3.80. The smallest absolute Gasteiger partial charge is 0.312 e. The number of pyridine rings is 1. The molecule has 0 unspecified atom stereocenters. The standard InChI is InChI=1S/C18H18N6O6S/c1-30-16-4-3-14(10-15(16)24(26)27)31(28,29)23-8-6-21(7-9-23)18(25)13-2-5-17-20-19-12-22(17)11-13/h2-5,10-12H,6-9H2,1H3. The molecule has 1 saturated heterocycles. The van der Waals surface area contributed by atoms with Crippen LogP contribution in [-0.4, -0.2) is 76.3 Å². The topological polar surface area (TPSA) is 140 Å². The number of carbonyl (C=O) groups excluding carboxylic acids is 1. The first-order valence-electron chi connectivity index (χ1n) is 9.22. The predicted molar refractivity (Wildman–Crippen MR) is 107 cm³/mol. The molecule has 0 atom stereocenters. The van der Waals surface area contributed by atoms with Crippen molar-refractivity contribution in [3.05, 3.63) is 58.5 Å². The Bertz CT molecular complexity index is 1270. The minimum Gasteiger partial charge on any atom is -0.490 e. The number of benzene rings is 1. The minimum atomic E-state index is -3.96. The third-order valence-corrected chi connectivity index (χ3v) is 6.94. The molecule has 0 radical (unpaired) electrons. The van der Waals surface area contributed by atoms with E-state index in [2.05, 4.69) is 10.2 Å². The Morgan fingerprint density at radius 2 is 1.90 bits per heavy atom. The van der Waals surface area contributed by atoms with Crippen LogP contribution < -0.4 is 4.74 Å². The maximum atomic E-state index is 13.0. The van der Waals surface area contributed by atoms with E-state index in [1.165, 1.54) is 29.9 Å². The number of hydrogen-bond donors (Lipinski definition) is 0. The van der Waals surface area contributed by atoms with E-state index >= 15 is 0 Å². The molecular weight excluding hydrogens is 428 g/mol. The highest BCUT2D eigenvalue weighted by atomic mass is 32.2. The number of methoxy groups -OCH3 is 1. The number of nitro benzene ring substituents is 1. The number of ether oxygens (including phenoxy) is 1. The van der Waals surface area contributed by atoms with Crippen molar-refractivity contribution in [1.82, 2.24) is 23.8 Å². The van der Waals surface area contributed by atoms with Crippen LogP contribution in [-0.2, 0) is 10.0 Å². The van der Waals surface area contributed by atoms with Crippen LogP contribution in [0.2, 0.25) is 0 Å². The van der Waals surface area contributed by atoms with E-state index in [4.69, 9.17) is 4.74 Å². The molecule has 12 nitrogen and oxygen atoms in total. The Hall–Kier alpha value is -3.58. The highest BCUT2D eigenvalue weighted by Crippen LogP contribution is 2.30. The van der Waals surface area contributed by atoms with Crippen LogP contribution >= 0.6 is 0 Å². The third-order valence-electron chi connectivity index (χ3n) is 5.05. The van der Waals surface area contributed by atoms with Crippen LogP contribution in [0.1, 0.15) is 10.4 Å². The molecule has 0 bridgehead atoms. The first-order valence-corrected chi connectivity index (χ1v) is 10.7. The summed E-state index contributed by atoms with van der Waals surface area (Å²) in [6.07, 6.45) is 3.11. The molecule has 162 valence electrons. The van der Waals surface area contributed by atoms with Gasteiger partial charge in [-0.25, -0.2) is 8.42 Å². The number of sulfonamides is 1. The molecule has 3 heterocycles. The molecule has 0 aliphatic carbocycles. The van der Waals surface area contributed by atoms with Gasteiger partial charge in [-0.2, -0.15) is 4.31 Å². The summed E-state index contributed by atoms with van der Waals surface area (Å²) in [7, 11) is -2.69. The molecule has 31 heavy (non-hydrogen) atoms. The molecule has 1 aromatic carbocycles. The summed E-state index contributed by atoms with van der Waals surface area (Å²) in [5.74, 6) is -0.253. The maximum absolute atomic E-state index is 13.0. The van der Waals surface area contributed by atoms with Crippen molar-refractivity contribution in [2.24, 2.45) is 0 Å². The first kappa shape index (κ1) is 20.7. The van der Waals surface area contributed by atoms with Crippen LogP contribution in [0.4, 0.5) is 5.69 Å². The maximum Gasteiger partial charge on any atom is 0.312 e. The molecule has 3 aromatic rings. The Labute approximate surface area is 176 Å². The fraction of sp³-hybridized carbons (Fsp3) is 0.278. The van der Waals surface area contributed by atoms with E-state index in [9.17, 15) is 23.3 Å². The molecule has 0 N–H and O–H groups in total. The fourth-order valence-corrected chi connectivity index (χ4v) is 4.83. The second-order valence-corrected chi connectivity index (χ2v) is 8.74. The summed E-state index contributed by atoms with van der Waals surface area (Å²) in [5.41, 5.74) is 0.622. The molecule has 4 rings (SSSR count). The van der Waals surface area contributed by atoms with Crippen LogP contribution in [0, 0.1) is 10.1 Å². The monoisotopic (exact) mass is 446 g/mol. The van der Waals surface area contributed by atoms with Gasteiger partial charge in [0.15, 0.2) is 11.4 Å². The zero-order valence-electron chi connectivity index (χ0n) is 16.4. The lowest BCUT2D eigenvalue weighted by Crippen LogP contribution is -2.50. The molecule has 0 spiro atoms. The predicted octanol–water partition coefficient (Wildman–Crippen LogP) is 0.793. The van der Waals surface area contributed by atoms with Crippen molar-refractivity contribution >= 4 is 27.3 Å². The van der Waals surface area contributed by atoms with E-state index < -0.39 is 20.6 Å². The van der Waals surface area contributed by atoms with E-state index in [-0.39, 0.29) is 42.7 Å². The second-order valence-electron chi connectivity index (χ2n) is 6.80. The molecule has 2 aromatic heterocycles. The highest BCUT2D eigenvalue weighted by molar-refractivity contribution is 7.89. The Morgan fingerprint density at radius 3 is 2.58 bits per heavy atom. The molecule has 1 amide bonds. The second kappa shape index (κ2) is 7.92. The normalized spacial score (nSPS) is 15.2. The van der Waals surface area contributed by atoms with Crippen molar-refractivity contribution in [1.29, 1.82) is 0 Å². The SMILES string of the molecule is COc1ccc(S(=O)(=O)N2CCN(C(=O)c3ccc4nncn4c3)CC2)cc1[N+](=O)[O-]. The van der Waals surface area contributed by atoms with Gasteiger partial charge in [-0.15, -0.1) is 10.2 Å². The van der Waals surface area contributed by atoms with Gasteiger partial charge >= 0.3 is 5.69 Å². The van der Waals surface area contributed by atoms with Gasteiger partial charge in [-0.3, -0.25) is 19.3 Å². The van der Waals surface area contributed by atoms with Crippen LogP contribution in [0.25, 0.3) is 5.65 Å². The lowest BCUT2D eigenvalue weighted by molar-refractivity contribution is -0.386. The largest absolute Gasteiger partial charge is 0.490 e. The van der Waals surface area contributed by atoms with Crippen molar-refractivity contribution in [3.63, 3.8) is 0 Å². The summed E-state index contributed by atoms with van der Waals surface area (Å²) < 4.78 is 33.7. The van der Waals surface area contributed by atoms with Crippen molar-refractivity contribution in [2.45, 2.75) is 4.90 Å². The fourth-order valence-electron chi connectivity index (χ4n) is 3.39. The zero-order chi connectivity index (χ0) is 22.2. The minimum absolute atomic E-state index is 0.0237. The number of hydrogen-bond acceptors (Lipinski definition) is 8. The number of piperazine rings is 1. The Kier molecular flexibility index (Phi) is 5.29.